The van der Waals surface area contributed by atoms with Gasteiger partial charge in [-0.05, 0) is 38.1 Å². The highest BCUT2D eigenvalue weighted by molar-refractivity contribution is 6.42. The van der Waals surface area contributed by atoms with Crippen LogP contribution >= 0.6 is 23.2 Å². The van der Waals surface area contributed by atoms with Crippen LogP contribution in [-0.4, -0.2) is 18.9 Å². The topological polar surface area (TPSA) is 29.1 Å². The van der Waals surface area contributed by atoms with Gasteiger partial charge in [0.15, 0.2) is 0 Å². The number of carbonyl (C=O) groups excluding carboxylic acids is 1. The summed E-state index contributed by atoms with van der Waals surface area (Å²) >= 11 is 11.7. The van der Waals surface area contributed by atoms with Gasteiger partial charge in [-0.25, -0.2) is 0 Å². The maximum Gasteiger partial charge on any atom is 0.147 e. The van der Waals surface area contributed by atoms with Gasteiger partial charge >= 0.3 is 0 Å². The molecule has 0 fully saturated rings. The molecule has 0 spiro atoms. The Morgan fingerprint density at radius 3 is 2.29 bits per heavy atom. The first-order valence-electron chi connectivity index (χ1n) is 5.66. The van der Waals surface area contributed by atoms with Crippen molar-refractivity contribution in [2.45, 2.75) is 33.2 Å². The lowest BCUT2D eigenvalue weighted by atomic mass is 10.0. The van der Waals surface area contributed by atoms with Crippen LogP contribution in [0.5, 0.6) is 0 Å². The van der Waals surface area contributed by atoms with Crippen molar-refractivity contribution in [2.75, 3.05) is 7.05 Å². The Kier molecular flexibility index (Phi) is 8.23. The van der Waals surface area contributed by atoms with Crippen LogP contribution in [-0.2, 0) is 11.2 Å². The fraction of sp³-hybridized carbons (Fsp3) is 0.462. The van der Waals surface area contributed by atoms with Gasteiger partial charge in [0.2, 0.25) is 0 Å². The minimum Gasteiger partial charge on any atom is -0.310 e. The average Bonchev–Trinajstić information content (AvgIpc) is 2.32. The summed E-state index contributed by atoms with van der Waals surface area (Å²) in [6.45, 7) is 5.57. The van der Waals surface area contributed by atoms with Gasteiger partial charge in [0, 0.05) is 0 Å². The van der Waals surface area contributed by atoms with Gasteiger partial charge in [0.1, 0.15) is 5.78 Å². The van der Waals surface area contributed by atoms with E-state index in [-0.39, 0.29) is 11.8 Å². The van der Waals surface area contributed by atoms with Crippen LogP contribution in [0.4, 0.5) is 0 Å². The smallest absolute Gasteiger partial charge is 0.147 e. The minimum atomic E-state index is -0.165. The molecule has 96 valence electrons. The molecule has 0 saturated carbocycles. The van der Waals surface area contributed by atoms with Gasteiger partial charge in [0.25, 0.3) is 0 Å². The van der Waals surface area contributed by atoms with Crippen LogP contribution in [0.15, 0.2) is 18.2 Å². The first-order valence-corrected chi connectivity index (χ1v) is 6.42. The van der Waals surface area contributed by atoms with Crippen molar-refractivity contribution in [3.05, 3.63) is 33.8 Å². The van der Waals surface area contributed by atoms with Crippen LogP contribution in [0.25, 0.3) is 0 Å². The lowest BCUT2D eigenvalue weighted by molar-refractivity contribution is -0.118. The third kappa shape index (κ3) is 5.53. The molecule has 0 heterocycles. The standard InChI is InChI=1S/C11H13Cl2NO.C2H6/c1-7(15)11(14-2)6-8-3-4-9(12)10(13)5-8;1-2/h3-5,11,14H,6H2,1-2H3;1-2H3. The molecule has 0 bridgehead atoms. The monoisotopic (exact) mass is 275 g/mol. The van der Waals surface area contributed by atoms with Crippen LogP contribution in [0.3, 0.4) is 0 Å². The molecular weight excluding hydrogens is 257 g/mol. The molecule has 1 atom stereocenters. The van der Waals surface area contributed by atoms with Crippen molar-refractivity contribution < 1.29 is 4.79 Å². The Morgan fingerprint density at radius 1 is 1.29 bits per heavy atom. The molecule has 0 aromatic heterocycles. The first-order chi connectivity index (χ1) is 8.04. The molecule has 4 heteroatoms. The number of hydrogen-bond donors (Lipinski definition) is 1. The molecule has 17 heavy (non-hydrogen) atoms. The fourth-order valence-electron chi connectivity index (χ4n) is 1.35. The molecule has 1 unspecified atom stereocenters. The molecule has 1 aromatic carbocycles. The third-order valence-electron chi connectivity index (χ3n) is 2.26. The Morgan fingerprint density at radius 2 is 1.88 bits per heavy atom. The molecule has 0 aliphatic carbocycles. The number of carbonyl (C=O) groups is 1. The number of Topliss-reactive ketones (excluding diaryl/α,β-unsaturated/α-hetero) is 1. The van der Waals surface area contributed by atoms with E-state index in [0.717, 1.165) is 5.56 Å². The number of benzene rings is 1. The van der Waals surface area contributed by atoms with Crippen LogP contribution < -0.4 is 5.32 Å². The molecule has 2 nitrogen and oxygen atoms in total. The Hall–Kier alpha value is -0.570. The van der Waals surface area contributed by atoms with Crippen LogP contribution in [0.2, 0.25) is 10.0 Å². The summed E-state index contributed by atoms with van der Waals surface area (Å²) in [5, 5.41) is 4.01. The molecule has 0 saturated heterocycles. The highest BCUT2D eigenvalue weighted by atomic mass is 35.5. The molecular formula is C13H19Cl2NO. The van der Waals surface area contributed by atoms with Crippen molar-refractivity contribution in [3.8, 4) is 0 Å². The molecule has 0 aliphatic rings. The molecule has 1 N–H and O–H groups in total. The Bertz CT molecular complexity index is 366. The molecule has 1 aromatic rings. The van der Waals surface area contributed by atoms with Crippen molar-refractivity contribution in [1.82, 2.24) is 5.32 Å². The second-order valence-electron chi connectivity index (χ2n) is 3.40. The minimum absolute atomic E-state index is 0.114. The van der Waals surface area contributed by atoms with E-state index in [1.54, 1.807) is 26.1 Å². The SMILES string of the molecule is CC.CNC(Cc1ccc(Cl)c(Cl)c1)C(C)=O. The Balaban J connectivity index is 0.00000121. The molecule has 0 aliphatic heterocycles. The van der Waals surface area contributed by atoms with E-state index in [1.807, 2.05) is 19.9 Å². The van der Waals surface area contributed by atoms with Gasteiger partial charge in [-0.3, -0.25) is 4.79 Å². The summed E-state index contributed by atoms with van der Waals surface area (Å²) in [6.07, 6.45) is 0.628. The zero-order valence-electron chi connectivity index (χ0n) is 10.7. The number of rotatable bonds is 4. The largest absolute Gasteiger partial charge is 0.310 e. The van der Waals surface area contributed by atoms with Crippen LogP contribution in [0, 0.1) is 0 Å². The van der Waals surface area contributed by atoms with E-state index in [0.29, 0.717) is 16.5 Å². The quantitative estimate of drug-likeness (QED) is 0.907. The van der Waals surface area contributed by atoms with E-state index in [2.05, 4.69) is 5.32 Å². The second kappa shape index (κ2) is 8.51. The van der Waals surface area contributed by atoms with Crippen molar-refractivity contribution in [2.24, 2.45) is 0 Å². The highest BCUT2D eigenvalue weighted by Crippen LogP contribution is 2.23. The van der Waals surface area contributed by atoms with E-state index in [9.17, 15) is 4.79 Å². The molecule has 1 rings (SSSR count). The first kappa shape index (κ1) is 16.4. The Labute approximate surface area is 113 Å². The second-order valence-corrected chi connectivity index (χ2v) is 4.22. The maximum atomic E-state index is 11.2. The summed E-state index contributed by atoms with van der Waals surface area (Å²) in [4.78, 5) is 11.2. The normalized spacial score (nSPS) is 11.4. The summed E-state index contributed by atoms with van der Waals surface area (Å²) < 4.78 is 0. The van der Waals surface area contributed by atoms with E-state index >= 15 is 0 Å². The maximum absolute atomic E-state index is 11.2. The van der Waals surface area contributed by atoms with Gasteiger partial charge in [-0.1, -0.05) is 43.1 Å². The fourth-order valence-corrected chi connectivity index (χ4v) is 1.67. The summed E-state index contributed by atoms with van der Waals surface area (Å²) in [5.41, 5.74) is 0.999. The molecule has 0 amide bonds. The van der Waals surface area contributed by atoms with Gasteiger partial charge in [0.05, 0.1) is 16.1 Å². The van der Waals surface area contributed by atoms with Gasteiger partial charge in [-0.15, -0.1) is 0 Å². The van der Waals surface area contributed by atoms with Crippen molar-refractivity contribution in [1.29, 1.82) is 0 Å². The van der Waals surface area contributed by atoms with E-state index < -0.39 is 0 Å². The average molecular weight is 276 g/mol. The number of ketones is 1. The zero-order chi connectivity index (χ0) is 13.4. The lowest BCUT2D eigenvalue weighted by Crippen LogP contribution is -2.34. The van der Waals surface area contributed by atoms with E-state index in [1.165, 1.54) is 0 Å². The summed E-state index contributed by atoms with van der Waals surface area (Å²) in [6, 6.07) is 5.24. The summed E-state index contributed by atoms with van der Waals surface area (Å²) in [5.74, 6) is 0.114. The molecule has 0 radical (unpaired) electrons. The summed E-state index contributed by atoms with van der Waals surface area (Å²) in [7, 11) is 1.77. The third-order valence-corrected chi connectivity index (χ3v) is 3.00. The van der Waals surface area contributed by atoms with Gasteiger partial charge < -0.3 is 5.32 Å². The number of nitrogens with one attached hydrogen (secondary N) is 1. The van der Waals surface area contributed by atoms with E-state index in [4.69, 9.17) is 23.2 Å². The van der Waals surface area contributed by atoms with Crippen LogP contribution in [0.1, 0.15) is 26.3 Å². The zero-order valence-corrected chi connectivity index (χ0v) is 12.2. The number of halogens is 2. The number of hydrogen-bond acceptors (Lipinski definition) is 2. The van der Waals surface area contributed by atoms with Crippen molar-refractivity contribution in [3.63, 3.8) is 0 Å². The highest BCUT2D eigenvalue weighted by Gasteiger charge is 2.12. The van der Waals surface area contributed by atoms with Gasteiger partial charge in [-0.2, -0.15) is 0 Å². The lowest BCUT2D eigenvalue weighted by Gasteiger charge is -2.12. The van der Waals surface area contributed by atoms with Crippen molar-refractivity contribution >= 4 is 29.0 Å². The predicted molar refractivity (Wildman–Crippen MR) is 75.0 cm³/mol. The number of likely N-dealkylation sites (N-methyl/N-ethyl adjacent to an activating group) is 1. The predicted octanol–water partition coefficient (Wildman–Crippen LogP) is 3.74.